The first-order valence-corrected chi connectivity index (χ1v) is 14.5. The van der Waals surface area contributed by atoms with Gasteiger partial charge in [0.05, 0.1) is 6.10 Å². The SMILES string of the molecule is CCCCCCCCCCCCC(CCCCCCCCCC)COC1CCCC1. The molecule has 1 nitrogen and oxygen atoms in total. The molecule has 1 aliphatic carbocycles. The molecule has 1 atom stereocenters. The van der Waals surface area contributed by atoms with Crippen LogP contribution in [0.15, 0.2) is 0 Å². The normalized spacial score (nSPS) is 15.8. The zero-order valence-corrected chi connectivity index (χ0v) is 21.2. The Kier molecular flexibility index (Phi) is 20.7. The molecule has 0 heterocycles. The van der Waals surface area contributed by atoms with Crippen molar-refractivity contribution in [1.29, 1.82) is 0 Å². The molecule has 0 amide bonds. The Morgan fingerprint density at radius 1 is 0.533 bits per heavy atom. The van der Waals surface area contributed by atoms with Gasteiger partial charge in [0.1, 0.15) is 0 Å². The van der Waals surface area contributed by atoms with Gasteiger partial charge >= 0.3 is 0 Å². The van der Waals surface area contributed by atoms with E-state index in [0.717, 1.165) is 12.5 Å². The van der Waals surface area contributed by atoms with Crippen LogP contribution in [-0.4, -0.2) is 12.7 Å². The number of rotatable bonds is 23. The monoisotopic (exact) mass is 422 g/mol. The Morgan fingerprint density at radius 3 is 1.30 bits per heavy atom. The second-order valence-electron chi connectivity index (χ2n) is 10.3. The summed E-state index contributed by atoms with van der Waals surface area (Å²) in [5.74, 6) is 0.833. The molecule has 30 heavy (non-hydrogen) atoms. The van der Waals surface area contributed by atoms with E-state index in [1.807, 2.05) is 0 Å². The van der Waals surface area contributed by atoms with E-state index in [0.29, 0.717) is 6.10 Å². The van der Waals surface area contributed by atoms with Gasteiger partial charge in [-0.2, -0.15) is 0 Å². The lowest BCUT2D eigenvalue weighted by Crippen LogP contribution is -2.16. The molecule has 1 unspecified atom stereocenters. The fraction of sp³-hybridized carbons (Fsp3) is 1.00. The molecule has 1 heteroatoms. The van der Waals surface area contributed by atoms with E-state index in [2.05, 4.69) is 13.8 Å². The molecule has 1 saturated carbocycles. The summed E-state index contributed by atoms with van der Waals surface area (Å²) < 4.78 is 6.33. The Balaban J connectivity index is 2.05. The van der Waals surface area contributed by atoms with Crippen LogP contribution in [0.5, 0.6) is 0 Å². The molecule has 0 spiro atoms. The number of hydrogen-bond donors (Lipinski definition) is 0. The minimum atomic E-state index is 0.596. The van der Waals surface area contributed by atoms with E-state index in [1.165, 1.54) is 154 Å². The van der Waals surface area contributed by atoms with Crippen LogP contribution < -0.4 is 0 Å². The topological polar surface area (TPSA) is 9.23 Å². The number of hydrogen-bond acceptors (Lipinski definition) is 1. The van der Waals surface area contributed by atoms with Gasteiger partial charge in [-0.3, -0.25) is 0 Å². The third-order valence-corrected chi connectivity index (χ3v) is 7.30. The quantitative estimate of drug-likeness (QED) is 0.149. The van der Waals surface area contributed by atoms with Crippen molar-refractivity contribution in [2.24, 2.45) is 5.92 Å². The van der Waals surface area contributed by atoms with Crippen molar-refractivity contribution in [3.8, 4) is 0 Å². The van der Waals surface area contributed by atoms with Crippen LogP contribution in [0.25, 0.3) is 0 Å². The summed E-state index contributed by atoms with van der Waals surface area (Å²) in [6.07, 6.45) is 34.8. The van der Waals surface area contributed by atoms with E-state index >= 15 is 0 Å². The summed E-state index contributed by atoms with van der Waals surface area (Å²) in [5.41, 5.74) is 0. The average Bonchev–Trinajstić information content (AvgIpc) is 3.28. The first-order valence-electron chi connectivity index (χ1n) is 14.5. The van der Waals surface area contributed by atoms with E-state index in [4.69, 9.17) is 4.74 Å². The minimum Gasteiger partial charge on any atom is -0.378 e. The fourth-order valence-corrected chi connectivity index (χ4v) is 5.13. The molecule has 0 aliphatic heterocycles. The van der Waals surface area contributed by atoms with E-state index < -0.39 is 0 Å². The smallest absolute Gasteiger partial charge is 0.0575 e. The first kappa shape index (κ1) is 28.0. The molecule has 1 rings (SSSR count). The van der Waals surface area contributed by atoms with Crippen LogP contribution in [0, 0.1) is 5.92 Å². The molecule has 1 fully saturated rings. The van der Waals surface area contributed by atoms with Crippen LogP contribution in [0.2, 0.25) is 0 Å². The van der Waals surface area contributed by atoms with Crippen LogP contribution in [0.3, 0.4) is 0 Å². The van der Waals surface area contributed by atoms with Crippen LogP contribution in [0.1, 0.15) is 168 Å². The van der Waals surface area contributed by atoms with Crippen molar-refractivity contribution in [2.45, 2.75) is 174 Å². The highest BCUT2D eigenvalue weighted by molar-refractivity contribution is 4.68. The molecule has 0 N–H and O–H groups in total. The third-order valence-electron chi connectivity index (χ3n) is 7.30. The van der Waals surface area contributed by atoms with Crippen molar-refractivity contribution in [2.75, 3.05) is 6.61 Å². The molecule has 0 aromatic carbocycles. The van der Waals surface area contributed by atoms with Gasteiger partial charge in [0.15, 0.2) is 0 Å². The maximum absolute atomic E-state index is 6.33. The van der Waals surface area contributed by atoms with Crippen molar-refractivity contribution in [3.05, 3.63) is 0 Å². The van der Waals surface area contributed by atoms with Crippen LogP contribution in [-0.2, 0) is 4.74 Å². The van der Waals surface area contributed by atoms with Crippen LogP contribution in [0.4, 0.5) is 0 Å². The summed E-state index contributed by atoms with van der Waals surface area (Å²) >= 11 is 0. The Hall–Kier alpha value is -0.0400. The lowest BCUT2D eigenvalue weighted by molar-refractivity contribution is 0.0284. The van der Waals surface area contributed by atoms with E-state index in [1.54, 1.807) is 0 Å². The maximum atomic E-state index is 6.33. The minimum absolute atomic E-state index is 0.596. The predicted octanol–water partition coefficient (Wildman–Crippen LogP) is 10.4. The molecule has 0 bridgehead atoms. The second kappa shape index (κ2) is 22.2. The summed E-state index contributed by atoms with van der Waals surface area (Å²) in [6, 6.07) is 0. The molecular weight excluding hydrogens is 364 g/mol. The van der Waals surface area contributed by atoms with Gasteiger partial charge in [-0.15, -0.1) is 0 Å². The Morgan fingerprint density at radius 2 is 0.900 bits per heavy atom. The lowest BCUT2D eigenvalue weighted by Gasteiger charge is -2.20. The average molecular weight is 423 g/mol. The van der Waals surface area contributed by atoms with Gasteiger partial charge in [0.25, 0.3) is 0 Å². The summed E-state index contributed by atoms with van der Waals surface area (Å²) in [6.45, 7) is 5.67. The highest BCUT2D eigenvalue weighted by Crippen LogP contribution is 2.25. The Labute approximate surface area is 191 Å². The van der Waals surface area contributed by atoms with Crippen molar-refractivity contribution < 1.29 is 4.74 Å². The van der Waals surface area contributed by atoms with E-state index in [9.17, 15) is 0 Å². The lowest BCUT2D eigenvalue weighted by atomic mass is 9.94. The second-order valence-corrected chi connectivity index (χ2v) is 10.3. The van der Waals surface area contributed by atoms with Crippen molar-refractivity contribution in [3.63, 3.8) is 0 Å². The number of unbranched alkanes of at least 4 members (excludes halogenated alkanes) is 16. The van der Waals surface area contributed by atoms with Gasteiger partial charge in [-0.25, -0.2) is 0 Å². The largest absolute Gasteiger partial charge is 0.378 e. The predicted molar refractivity (Wildman–Crippen MR) is 135 cm³/mol. The summed E-state index contributed by atoms with van der Waals surface area (Å²) in [7, 11) is 0. The summed E-state index contributed by atoms with van der Waals surface area (Å²) in [4.78, 5) is 0. The molecule has 1 aliphatic rings. The zero-order valence-electron chi connectivity index (χ0n) is 21.2. The summed E-state index contributed by atoms with van der Waals surface area (Å²) in [5, 5.41) is 0. The van der Waals surface area contributed by atoms with Crippen LogP contribution >= 0.6 is 0 Å². The third kappa shape index (κ3) is 17.6. The molecule has 0 radical (unpaired) electrons. The molecule has 0 saturated heterocycles. The molecular formula is C29H58O. The number of ether oxygens (including phenoxy) is 1. The van der Waals surface area contributed by atoms with Crippen molar-refractivity contribution >= 4 is 0 Å². The van der Waals surface area contributed by atoms with Gasteiger partial charge < -0.3 is 4.74 Å². The van der Waals surface area contributed by atoms with Gasteiger partial charge in [0, 0.05) is 6.61 Å². The van der Waals surface area contributed by atoms with Gasteiger partial charge in [-0.05, 0) is 31.6 Å². The van der Waals surface area contributed by atoms with E-state index in [-0.39, 0.29) is 0 Å². The molecule has 180 valence electrons. The zero-order chi connectivity index (χ0) is 21.5. The molecule has 0 aromatic heterocycles. The Bertz CT molecular complexity index is 320. The van der Waals surface area contributed by atoms with Gasteiger partial charge in [-0.1, -0.05) is 142 Å². The highest BCUT2D eigenvalue weighted by atomic mass is 16.5. The fourth-order valence-electron chi connectivity index (χ4n) is 5.13. The highest BCUT2D eigenvalue weighted by Gasteiger charge is 2.17. The maximum Gasteiger partial charge on any atom is 0.0575 e. The standard InChI is InChI=1S/C29H58O/c1-3-5-7-9-11-13-14-16-18-20-24-28(27-30-29-25-21-22-26-29)23-19-17-15-12-10-8-6-4-2/h28-29H,3-27H2,1-2H3. The first-order chi connectivity index (χ1) is 14.9. The molecule has 0 aromatic rings. The van der Waals surface area contributed by atoms with Gasteiger partial charge in [0.2, 0.25) is 0 Å². The van der Waals surface area contributed by atoms with Crippen molar-refractivity contribution in [1.82, 2.24) is 0 Å².